The smallest absolute Gasteiger partial charge is 0.164 e. The van der Waals surface area contributed by atoms with E-state index in [0.717, 1.165) is 55.5 Å². The normalized spacial score (nSPS) is 11.6. The van der Waals surface area contributed by atoms with E-state index in [9.17, 15) is 0 Å². The van der Waals surface area contributed by atoms with Crippen LogP contribution in [-0.4, -0.2) is 15.0 Å². The summed E-state index contributed by atoms with van der Waals surface area (Å²) in [5.74, 6) is 1.90. The fourth-order valence-corrected chi connectivity index (χ4v) is 10.1. The van der Waals surface area contributed by atoms with Crippen LogP contribution in [0.15, 0.2) is 212 Å². The lowest BCUT2D eigenvalue weighted by molar-refractivity contribution is 1.08. The highest BCUT2D eigenvalue weighted by molar-refractivity contribution is 7.26. The van der Waals surface area contributed by atoms with Gasteiger partial charge in [-0.3, -0.25) is 0 Å². The van der Waals surface area contributed by atoms with Gasteiger partial charge in [0.1, 0.15) is 0 Å². The molecule has 12 aromatic rings. The van der Waals surface area contributed by atoms with Gasteiger partial charge in [-0.2, -0.15) is 0 Å². The molecule has 0 saturated heterocycles. The predicted molar refractivity (Wildman–Crippen MR) is 258 cm³/mol. The predicted octanol–water partition coefficient (Wildman–Crippen LogP) is 15.7. The van der Waals surface area contributed by atoms with E-state index in [1.54, 1.807) is 0 Å². The van der Waals surface area contributed by atoms with Crippen molar-refractivity contribution in [3.05, 3.63) is 212 Å². The molecular weight excluding hydrogens is 759 g/mol. The minimum absolute atomic E-state index is 0.630. The van der Waals surface area contributed by atoms with Crippen LogP contribution in [-0.2, 0) is 0 Å². The number of rotatable bonds is 6. The second kappa shape index (κ2) is 14.5. The van der Waals surface area contributed by atoms with E-state index in [1.165, 1.54) is 47.1 Å². The quantitative estimate of drug-likeness (QED) is 0.157. The van der Waals surface area contributed by atoms with Gasteiger partial charge in [-0.25, -0.2) is 15.0 Å². The van der Waals surface area contributed by atoms with Crippen LogP contribution in [0, 0.1) is 0 Å². The van der Waals surface area contributed by atoms with Crippen LogP contribution in [0.5, 0.6) is 0 Å². The Labute approximate surface area is 356 Å². The molecule has 0 fully saturated rings. The molecule has 12 rings (SSSR count). The number of fused-ring (bicyclic) bond motifs is 9. The van der Waals surface area contributed by atoms with Gasteiger partial charge in [-0.1, -0.05) is 176 Å². The van der Waals surface area contributed by atoms with Crippen molar-refractivity contribution in [2.45, 2.75) is 0 Å². The minimum atomic E-state index is 0.630. The fraction of sp³-hybridized carbons (Fsp3) is 0. The Morgan fingerprint density at radius 2 is 0.689 bits per heavy atom. The third kappa shape index (κ3) is 6.16. The van der Waals surface area contributed by atoms with Gasteiger partial charge in [-0.15, -0.1) is 11.3 Å². The summed E-state index contributed by atoms with van der Waals surface area (Å²) in [4.78, 5) is 16.0. The Kier molecular flexibility index (Phi) is 8.36. The molecule has 61 heavy (non-hydrogen) atoms. The van der Waals surface area contributed by atoms with Crippen molar-refractivity contribution in [1.29, 1.82) is 0 Å². The van der Waals surface area contributed by atoms with Gasteiger partial charge in [0.2, 0.25) is 0 Å². The van der Waals surface area contributed by atoms with E-state index in [2.05, 4.69) is 200 Å². The van der Waals surface area contributed by atoms with Crippen molar-refractivity contribution < 1.29 is 0 Å². The maximum absolute atomic E-state index is 5.39. The first-order valence-corrected chi connectivity index (χ1v) is 21.4. The molecule has 0 aliphatic rings. The van der Waals surface area contributed by atoms with Gasteiger partial charge in [0.15, 0.2) is 17.5 Å². The van der Waals surface area contributed by atoms with Gasteiger partial charge in [0.25, 0.3) is 0 Å². The van der Waals surface area contributed by atoms with Crippen LogP contribution in [0.2, 0.25) is 0 Å². The molecule has 0 aliphatic carbocycles. The molecule has 0 atom stereocenters. The van der Waals surface area contributed by atoms with Gasteiger partial charge in [-0.05, 0) is 102 Å². The second-order valence-corrected chi connectivity index (χ2v) is 16.6. The highest BCUT2D eigenvalue weighted by atomic mass is 32.1. The van der Waals surface area contributed by atoms with Gasteiger partial charge >= 0.3 is 0 Å². The molecule has 0 radical (unpaired) electrons. The Hall–Kier alpha value is -7.79. The molecule has 0 amide bonds. The molecule has 0 aliphatic heterocycles. The molecule has 2 heterocycles. The Morgan fingerprint density at radius 1 is 0.246 bits per heavy atom. The summed E-state index contributed by atoms with van der Waals surface area (Å²) in [6, 6.07) is 75.8. The molecule has 284 valence electrons. The molecular formula is C57H35N3S. The van der Waals surface area contributed by atoms with Crippen molar-refractivity contribution in [2.24, 2.45) is 0 Å². The van der Waals surface area contributed by atoms with Gasteiger partial charge < -0.3 is 0 Å². The molecule has 0 unspecified atom stereocenters. The molecule has 2 aromatic heterocycles. The molecule has 4 heteroatoms. The van der Waals surface area contributed by atoms with Crippen molar-refractivity contribution in [1.82, 2.24) is 15.0 Å². The second-order valence-electron chi connectivity index (χ2n) is 15.5. The Morgan fingerprint density at radius 3 is 1.28 bits per heavy atom. The number of hydrogen-bond donors (Lipinski definition) is 0. The standard InChI is InChI=1S/C57H35N3S/c1-3-15-36(16-4-1)38-19-13-21-41(31-38)55-58-56(42-22-14-20-39(32-42)37-17-5-2-6-18-37)60-57(59-55)51-34-43(35-53-54(51)49-27-11-12-28-52(49)61-53)40-29-30-48-46-25-8-7-23-44(46)45-24-9-10-26-47(45)50(48)33-40/h1-35H. The summed E-state index contributed by atoms with van der Waals surface area (Å²) in [5.41, 5.74) is 9.62. The molecule has 0 bridgehead atoms. The number of benzene rings is 10. The monoisotopic (exact) mass is 793 g/mol. The summed E-state index contributed by atoms with van der Waals surface area (Å²) in [5, 5.41) is 9.90. The highest BCUT2D eigenvalue weighted by Crippen LogP contribution is 2.44. The summed E-state index contributed by atoms with van der Waals surface area (Å²) in [6.07, 6.45) is 0. The highest BCUT2D eigenvalue weighted by Gasteiger charge is 2.20. The average molecular weight is 794 g/mol. The summed E-state index contributed by atoms with van der Waals surface area (Å²) < 4.78 is 2.42. The summed E-state index contributed by atoms with van der Waals surface area (Å²) >= 11 is 1.82. The van der Waals surface area contributed by atoms with E-state index < -0.39 is 0 Å². The third-order valence-corrected chi connectivity index (χ3v) is 13.0. The molecule has 10 aromatic carbocycles. The van der Waals surface area contributed by atoms with Crippen LogP contribution in [0.1, 0.15) is 0 Å². The van der Waals surface area contributed by atoms with Gasteiger partial charge in [0.05, 0.1) is 0 Å². The topological polar surface area (TPSA) is 38.7 Å². The Bertz CT molecular complexity index is 3510. The first-order chi connectivity index (χ1) is 30.2. The van der Waals surface area contributed by atoms with Crippen LogP contribution >= 0.6 is 11.3 Å². The van der Waals surface area contributed by atoms with Crippen LogP contribution in [0.3, 0.4) is 0 Å². The average Bonchev–Trinajstić information content (AvgIpc) is 3.73. The van der Waals surface area contributed by atoms with Crippen molar-refractivity contribution in [3.8, 4) is 67.5 Å². The zero-order valence-corrected chi connectivity index (χ0v) is 33.8. The first-order valence-electron chi connectivity index (χ1n) is 20.6. The fourth-order valence-electron chi connectivity index (χ4n) is 8.98. The first kappa shape index (κ1) is 35.2. The summed E-state index contributed by atoms with van der Waals surface area (Å²) in [6.45, 7) is 0. The lowest BCUT2D eigenvalue weighted by atomic mass is 9.91. The number of thiophene rings is 1. The molecule has 3 nitrogen and oxygen atoms in total. The van der Waals surface area contributed by atoms with Gasteiger partial charge in [0, 0.05) is 36.9 Å². The molecule has 0 N–H and O–H groups in total. The maximum atomic E-state index is 5.39. The van der Waals surface area contributed by atoms with Crippen LogP contribution in [0.25, 0.3) is 120 Å². The van der Waals surface area contributed by atoms with E-state index >= 15 is 0 Å². The molecule has 0 spiro atoms. The SMILES string of the molecule is c1ccc(-c2cccc(-c3nc(-c4cccc(-c5ccccc5)c4)nc(-c4cc(-c5ccc6c7ccccc7c7ccccc7c6c5)cc5sc6ccccc6c45)n3)c2)cc1. The molecule has 0 saturated carbocycles. The maximum Gasteiger partial charge on any atom is 0.164 e. The van der Waals surface area contributed by atoms with Crippen molar-refractivity contribution in [3.63, 3.8) is 0 Å². The zero-order valence-electron chi connectivity index (χ0n) is 33.0. The third-order valence-electron chi connectivity index (χ3n) is 11.9. The van der Waals surface area contributed by atoms with Crippen molar-refractivity contribution >= 4 is 63.8 Å². The number of hydrogen-bond acceptors (Lipinski definition) is 4. The lowest BCUT2D eigenvalue weighted by Crippen LogP contribution is -2.01. The van der Waals surface area contributed by atoms with E-state index in [4.69, 9.17) is 15.0 Å². The van der Waals surface area contributed by atoms with E-state index in [0.29, 0.717) is 17.5 Å². The largest absolute Gasteiger partial charge is 0.208 e. The summed E-state index contributed by atoms with van der Waals surface area (Å²) in [7, 11) is 0. The van der Waals surface area contributed by atoms with Crippen LogP contribution < -0.4 is 0 Å². The number of aromatic nitrogens is 3. The van der Waals surface area contributed by atoms with E-state index in [1.807, 2.05) is 23.5 Å². The van der Waals surface area contributed by atoms with E-state index in [-0.39, 0.29) is 0 Å². The number of nitrogens with zero attached hydrogens (tertiary/aromatic N) is 3. The minimum Gasteiger partial charge on any atom is -0.208 e. The lowest BCUT2D eigenvalue weighted by Gasteiger charge is -2.14. The Balaban J connectivity index is 1.11. The van der Waals surface area contributed by atoms with Crippen molar-refractivity contribution in [2.75, 3.05) is 0 Å². The zero-order chi connectivity index (χ0) is 40.3. The van der Waals surface area contributed by atoms with Crippen LogP contribution in [0.4, 0.5) is 0 Å².